The molecule has 0 aromatic carbocycles. The maximum Gasteiger partial charge on any atom is 0.00964 e. The Morgan fingerprint density at radius 2 is 1.81 bits per heavy atom. The Morgan fingerprint density at radius 3 is 2.31 bits per heavy atom. The van der Waals surface area contributed by atoms with Crippen molar-refractivity contribution in [2.45, 2.75) is 76.9 Å². The summed E-state index contributed by atoms with van der Waals surface area (Å²) >= 11 is 0. The summed E-state index contributed by atoms with van der Waals surface area (Å²) in [6, 6.07) is 2.53. The van der Waals surface area contributed by atoms with Crippen molar-refractivity contribution in [3.05, 3.63) is 0 Å². The largest absolute Gasteiger partial charge is 0.311 e. The Labute approximate surface area is 101 Å². The molecule has 16 heavy (non-hydrogen) atoms. The highest BCUT2D eigenvalue weighted by Gasteiger charge is 2.31. The van der Waals surface area contributed by atoms with Crippen molar-refractivity contribution in [2.24, 2.45) is 0 Å². The van der Waals surface area contributed by atoms with E-state index >= 15 is 0 Å². The number of hydrogen-bond acceptors (Lipinski definition) is 2. The van der Waals surface area contributed by atoms with Crippen molar-refractivity contribution in [1.29, 1.82) is 0 Å². The molecule has 1 saturated carbocycles. The lowest BCUT2D eigenvalue weighted by atomic mass is 10.0. The summed E-state index contributed by atoms with van der Waals surface area (Å²) in [4.78, 5) is 2.71. The summed E-state index contributed by atoms with van der Waals surface area (Å²) in [6.45, 7) is 7.28. The second kappa shape index (κ2) is 6.02. The van der Waals surface area contributed by atoms with Crippen molar-refractivity contribution in [3.63, 3.8) is 0 Å². The van der Waals surface area contributed by atoms with Gasteiger partial charge < -0.3 is 10.2 Å². The first kappa shape index (κ1) is 12.4. The van der Waals surface area contributed by atoms with Crippen LogP contribution in [-0.4, -0.2) is 36.1 Å². The van der Waals surface area contributed by atoms with E-state index in [0.717, 1.165) is 18.1 Å². The van der Waals surface area contributed by atoms with E-state index in [2.05, 4.69) is 24.1 Å². The van der Waals surface area contributed by atoms with Gasteiger partial charge in [-0.2, -0.15) is 0 Å². The summed E-state index contributed by atoms with van der Waals surface area (Å²) in [5.74, 6) is 0. The predicted octanol–water partition coefficient (Wildman–Crippen LogP) is 2.78. The van der Waals surface area contributed by atoms with Crippen molar-refractivity contribution in [3.8, 4) is 0 Å². The molecule has 0 amide bonds. The van der Waals surface area contributed by atoms with E-state index in [-0.39, 0.29) is 0 Å². The fourth-order valence-corrected chi connectivity index (χ4v) is 2.96. The smallest absolute Gasteiger partial charge is 0.00964 e. The maximum atomic E-state index is 3.86. The lowest BCUT2D eigenvalue weighted by Gasteiger charge is -2.34. The van der Waals surface area contributed by atoms with Crippen LogP contribution in [0.2, 0.25) is 0 Å². The number of piperidine rings is 1. The standard InChI is InChI=1S/C14H28N2/c1-3-5-12(4-2)15-13-8-10-16(11-9-13)14-6-7-14/h12-15H,3-11H2,1-2H3. The first-order valence-electron chi connectivity index (χ1n) is 7.33. The SMILES string of the molecule is CCCC(CC)NC1CCN(C2CC2)CC1. The average Bonchev–Trinajstić information content (AvgIpc) is 3.13. The molecule has 1 aliphatic heterocycles. The van der Waals surface area contributed by atoms with E-state index in [1.54, 1.807) is 0 Å². The van der Waals surface area contributed by atoms with E-state index in [1.807, 2.05) is 0 Å². The van der Waals surface area contributed by atoms with Crippen molar-refractivity contribution < 1.29 is 0 Å². The van der Waals surface area contributed by atoms with Gasteiger partial charge in [0.2, 0.25) is 0 Å². The third kappa shape index (κ3) is 3.46. The van der Waals surface area contributed by atoms with Crippen LogP contribution in [0.15, 0.2) is 0 Å². The van der Waals surface area contributed by atoms with Gasteiger partial charge in [-0.05, 0) is 51.6 Å². The molecule has 2 aliphatic rings. The zero-order valence-corrected chi connectivity index (χ0v) is 11.0. The topological polar surface area (TPSA) is 15.3 Å². The molecule has 0 bridgehead atoms. The number of nitrogens with zero attached hydrogens (tertiary/aromatic N) is 1. The van der Waals surface area contributed by atoms with E-state index in [4.69, 9.17) is 0 Å². The van der Waals surface area contributed by atoms with Gasteiger partial charge in [-0.3, -0.25) is 0 Å². The first-order valence-corrected chi connectivity index (χ1v) is 7.33. The minimum Gasteiger partial charge on any atom is -0.311 e. The highest BCUT2D eigenvalue weighted by molar-refractivity contribution is 4.89. The van der Waals surface area contributed by atoms with Crippen LogP contribution < -0.4 is 5.32 Å². The van der Waals surface area contributed by atoms with Gasteiger partial charge in [-0.15, -0.1) is 0 Å². The summed E-state index contributed by atoms with van der Waals surface area (Å²) < 4.78 is 0. The Kier molecular flexibility index (Phi) is 4.66. The lowest BCUT2D eigenvalue weighted by Crippen LogP contribution is -2.46. The Hall–Kier alpha value is -0.0800. The third-order valence-corrected chi connectivity index (χ3v) is 4.19. The maximum absolute atomic E-state index is 3.86. The molecule has 1 unspecified atom stereocenters. The van der Waals surface area contributed by atoms with Crippen LogP contribution in [0.5, 0.6) is 0 Å². The number of nitrogens with one attached hydrogen (secondary N) is 1. The summed E-state index contributed by atoms with van der Waals surface area (Å²) in [5, 5.41) is 3.86. The molecular formula is C14H28N2. The molecule has 2 rings (SSSR count). The van der Waals surface area contributed by atoms with Crippen LogP contribution in [0.3, 0.4) is 0 Å². The van der Waals surface area contributed by atoms with Crippen molar-refractivity contribution in [1.82, 2.24) is 10.2 Å². The van der Waals surface area contributed by atoms with Crippen LogP contribution in [0.25, 0.3) is 0 Å². The number of hydrogen-bond donors (Lipinski definition) is 1. The highest BCUT2D eigenvalue weighted by atomic mass is 15.2. The van der Waals surface area contributed by atoms with Gasteiger partial charge in [0, 0.05) is 18.1 Å². The van der Waals surface area contributed by atoms with Crippen LogP contribution in [-0.2, 0) is 0 Å². The molecule has 1 N–H and O–H groups in total. The molecule has 94 valence electrons. The van der Waals surface area contributed by atoms with Gasteiger partial charge in [0.1, 0.15) is 0 Å². The minimum absolute atomic E-state index is 0.766. The summed E-state index contributed by atoms with van der Waals surface area (Å²) in [6.07, 6.45) is 9.62. The second-order valence-corrected chi connectivity index (χ2v) is 5.60. The lowest BCUT2D eigenvalue weighted by molar-refractivity contribution is 0.181. The summed E-state index contributed by atoms with van der Waals surface area (Å²) in [5.41, 5.74) is 0. The Morgan fingerprint density at radius 1 is 1.12 bits per heavy atom. The van der Waals surface area contributed by atoms with E-state index in [9.17, 15) is 0 Å². The molecule has 0 aromatic rings. The van der Waals surface area contributed by atoms with Gasteiger partial charge in [0.25, 0.3) is 0 Å². The normalized spacial score (nSPS) is 25.9. The van der Waals surface area contributed by atoms with E-state index in [1.165, 1.54) is 58.0 Å². The van der Waals surface area contributed by atoms with Crippen LogP contribution in [0.1, 0.15) is 58.8 Å². The highest BCUT2D eigenvalue weighted by Crippen LogP contribution is 2.29. The fourth-order valence-electron chi connectivity index (χ4n) is 2.96. The number of rotatable bonds is 6. The second-order valence-electron chi connectivity index (χ2n) is 5.60. The van der Waals surface area contributed by atoms with Gasteiger partial charge >= 0.3 is 0 Å². The van der Waals surface area contributed by atoms with Crippen LogP contribution >= 0.6 is 0 Å². The van der Waals surface area contributed by atoms with Crippen molar-refractivity contribution >= 4 is 0 Å². The third-order valence-electron chi connectivity index (χ3n) is 4.19. The molecule has 0 radical (unpaired) electrons. The predicted molar refractivity (Wildman–Crippen MR) is 69.7 cm³/mol. The van der Waals surface area contributed by atoms with Gasteiger partial charge in [-0.25, -0.2) is 0 Å². The molecule has 1 saturated heterocycles. The molecule has 2 heteroatoms. The van der Waals surface area contributed by atoms with Crippen LogP contribution in [0.4, 0.5) is 0 Å². The average molecular weight is 224 g/mol. The van der Waals surface area contributed by atoms with Crippen molar-refractivity contribution in [2.75, 3.05) is 13.1 Å². The molecule has 2 nitrogen and oxygen atoms in total. The molecule has 0 aromatic heterocycles. The molecule has 1 aliphatic carbocycles. The monoisotopic (exact) mass is 224 g/mol. The van der Waals surface area contributed by atoms with Gasteiger partial charge in [0.15, 0.2) is 0 Å². The molecule has 0 spiro atoms. The minimum atomic E-state index is 0.766. The number of likely N-dealkylation sites (tertiary alicyclic amines) is 1. The molecular weight excluding hydrogens is 196 g/mol. The van der Waals surface area contributed by atoms with Crippen LogP contribution in [0, 0.1) is 0 Å². The molecule has 1 atom stereocenters. The molecule has 2 fully saturated rings. The Bertz CT molecular complexity index is 193. The van der Waals surface area contributed by atoms with E-state index in [0.29, 0.717) is 0 Å². The zero-order valence-electron chi connectivity index (χ0n) is 11.0. The van der Waals surface area contributed by atoms with Gasteiger partial charge in [-0.1, -0.05) is 20.3 Å². The fraction of sp³-hybridized carbons (Fsp3) is 1.00. The first-order chi connectivity index (χ1) is 7.83. The zero-order chi connectivity index (χ0) is 11.4. The summed E-state index contributed by atoms with van der Waals surface area (Å²) in [7, 11) is 0. The quantitative estimate of drug-likeness (QED) is 0.746. The molecule has 1 heterocycles. The van der Waals surface area contributed by atoms with E-state index < -0.39 is 0 Å². The Balaban J connectivity index is 1.67. The van der Waals surface area contributed by atoms with Gasteiger partial charge in [0.05, 0.1) is 0 Å².